The van der Waals surface area contributed by atoms with Gasteiger partial charge in [-0.15, -0.1) is 0 Å². The van der Waals surface area contributed by atoms with Crippen molar-refractivity contribution in [2.75, 3.05) is 19.6 Å². The fourth-order valence-corrected chi connectivity index (χ4v) is 1.96. The van der Waals surface area contributed by atoms with Crippen LogP contribution in [0, 0.1) is 0 Å². The summed E-state index contributed by atoms with van der Waals surface area (Å²) in [6.07, 6.45) is 4.08. The van der Waals surface area contributed by atoms with E-state index in [9.17, 15) is 4.79 Å². The molecule has 1 aromatic rings. The number of aromatic carboxylic acids is 1. The van der Waals surface area contributed by atoms with Gasteiger partial charge >= 0.3 is 5.97 Å². The third-order valence-electron chi connectivity index (χ3n) is 2.92. The molecule has 15 heavy (non-hydrogen) atoms. The molecule has 1 unspecified atom stereocenters. The molecule has 0 radical (unpaired) electrons. The van der Waals surface area contributed by atoms with Crippen LogP contribution in [-0.2, 0) is 0 Å². The molecule has 1 fully saturated rings. The van der Waals surface area contributed by atoms with E-state index in [0.717, 1.165) is 26.1 Å². The maximum atomic E-state index is 10.7. The monoisotopic (exact) mass is 209 g/mol. The smallest absolute Gasteiger partial charge is 0.338 e. The number of carboxylic acids is 1. The van der Waals surface area contributed by atoms with Crippen molar-refractivity contribution in [3.05, 3.63) is 18.0 Å². The summed E-state index contributed by atoms with van der Waals surface area (Å²) in [5, 5.41) is 12.9. The second-order valence-electron chi connectivity index (χ2n) is 3.85. The Morgan fingerprint density at radius 2 is 2.53 bits per heavy atom. The van der Waals surface area contributed by atoms with Crippen LogP contribution in [0.2, 0.25) is 0 Å². The van der Waals surface area contributed by atoms with Crippen molar-refractivity contribution in [1.29, 1.82) is 0 Å². The zero-order valence-corrected chi connectivity index (χ0v) is 8.76. The zero-order valence-electron chi connectivity index (χ0n) is 8.76. The highest BCUT2D eigenvalue weighted by molar-refractivity contribution is 5.86. The quantitative estimate of drug-likeness (QED) is 0.801. The lowest BCUT2D eigenvalue weighted by molar-refractivity contribution is 0.0696. The molecule has 0 aromatic carbocycles. The topological polar surface area (TPSA) is 58.4 Å². The molecule has 0 saturated carbocycles. The van der Waals surface area contributed by atoms with Crippen LogP contribution in [0.4, 0.5) is 0 Å². The van der Waals surface area contributed by atoms with Crippen molar-refractivity contribution < 1.29 is 9.90 Å². The summed E-state index contributed by atoms with van der Waals surface area (Å²) in [7, 11) is 0. The molecule has 0 aliphatic carbocycles. The van der Waals surface area contributed by atoms with Gasteiger partial charge in [-0.05, 0) is 13.0 Å². The fraction of sp³-hybridized carbons (Fsp3) is 0.600. The first-order valence-electron chi connectivity index (χ1n) is 5.20. The van der Waals surface area contributed by atoms with Crippen LogP contribution in [0.1, 0.15) is 29.7 Å². The van der Waals surface area contributed by atoms with E-state index in [2.05, 4.69) is 16.9 Å². The van der Waals surface area contributed by atoms with Gasteiger partial charge in [-0.25, -0.2) is 4.79 Å². The van der Waals surface area contributed by atoms with Crippen molar-refractivity contribution in [2.45, 2.75) is 19.4 Å². The highest BCUT2D eigenvalue weighted by Gasteiger charge is 2.23. The maximum Gasteiger partial charge on any atom is 0.338 e. The Morgan fingerprint density at radius 3 is 3.07 bits per heavy atom. The molecule has 1 atom stereocenters. The molecule has 1 aromatic heterocycles. The van der Waals surface area contributed by atoms with E-state index in [1.165, 1.54) is 6.20 Å². The van der Waals surface area contributed by atoms with Gasteiger partial charge in [0.15, 0.2) is 0 Å². The molecule has 82 valence electrons. The minimum absolute atomic E-state index is 0.268. The molecule has 1 aliphatic heterocycles. The number of carboxylic acid groups (broad SMARTS) is 1. The second kappa shape index (κ2) is 4.02. The molecule has 2 rings (SSSR count). The number of hydrogen-bond donors (Lipinski definition) is 1. The molecule has 5 heteroatoms. The van der Waals surface area contributed by atoms with Gasteiger partial charge in [-0.3, -0.25) is 4.68 Å². The Hall–Kier alpha value is -1.36. The van der Waals surface area contributed by atoms with Gasteiger partial charge in [-0.1, -0.05) is 6.92 Å². The summed E-state index contributed by atoms with van der Waals surface area (Å²) in [6, 6.07) is 0.332. The summed E-state index contributed by atoms with van der Waals surface area (Å²) >= 11 is 0. The van der Waals surface area contributed by atoms with Gasteiger partial charge in [0.05, 0.1) is 17.8 Å². The van der Waals surface area contributed by atoms with E-state index in [1.54, 1.807) is 10.9 Å². The van der Waals surface area contributed by atoms with Crippen LogP contribution in [0.15, 0.2) is 12.4 Å². The van der Waals surface area contributed by atoms with E-state index in [-0.39, 0.29) is 5.56 Å². The molecular formula is C10H15N3O2. The summed E-state index contributed by atoms with van der Waals surface area (Å²) in [5.41, 5.74) is 0.268. The molecule has 0 bridgehead atoms. The minimum Gasteiger partial charge on any atom is -0.478 e. The largest absolute Gasteiger partial charge is 0.478 e. The Morgan fingerprint density at radius 1 is 1.73 bits per heavy atom. The van der Waals surface area contributed by atoms with Gasteiger partial charge < -0.3 is 10.0 Å². The number of nitrogens with zero attached hydrogens (tertiary/aromatic N) is 3. The average Bonchev–Trinajstić information content (AvgIpc) is 2.86. The Labute approximate surface area is 88.3 Å². The number of likely N-dealkylation sites (tertiary alicyclic amines) is 1. The summed E-state index contributed by atoms with van der Waals surface area (Å²) in [5.74, 6) is -0.911. The normalized spacial score (nSPS) is 22.1. The van der Waals surface area contributed by atoms with Crippen molar-refractivity contribution in [2.24, 2.45) is 0 Å². The molecule has 0 spiro atoms. The van der Waals surface area contributed by atoms with Crippen LogP contribution >= 0.6 is 0 Å². The molecular weight excluding hydrogens is 194 g/mol. The van der Waals surface area contributed by atoms with Gasteiger partial charge in [-0.2, -0.15) is 5.10 Å². The Kier molecular flexibility index (Phi) is 2.73. The Bertz CT molecular complexity index is 361. The zero-order chi connectivity index (χ0) is 10.8. The summed E-state index contributed by atoms with van der Waals surface area (Å²) in [6.45, 7) is 5.22. The molecule has 2 heterocycles. The third-order valence-corrected chi connectivity index (χ3v) is 2.92. The first kappa shape index (κ1) is 10.2. The molecule has 0 amide bonds. The predicted molar refractivity (Wildman–Crippen MR) is 55.0 cm³/mol. The van der Waals surface area contributed by atoms with Crippen LogP contribution in [-0.4, -0.2) is 45.4 Å². The van der Waals surface area contributed by atoms with Gasteiger partial charge in [0.25, 0.3) is 0 Å². The minimum atomic E-state index is -0.911. The first-order valence-corrected chi connectivity index (χ1v) is 5.20. The number of carbonyl (C=O) groups is 1. The SMILES string of the molecule is CCN1CCC(n2cc(C(=O)O)cn2)C1. The van der Waals surface area contributed by atoms with Crippen molar-refractivity contribution in [3.63, 3.8) is 0 Å². The van der Waals surface area contributed by atoms with Gasteiger partial charge in [0.1, 0.15) is 0 Å². The Balaban J connectivity index is 2.07. The van der Waals surface area contributed by atoms with Crippen molar-refractivity contribution in [3.8, 4) is 0 Å². The first-order chi connectivity index (χ1) is 7.20. The van der Waals surface area contributed by atoms with Crippen molar-refractivity contribution in [1.82, 2.24) is 14.7 Å². The van der Waals surface area contributed by atoms with Gasteiger partial charge in [0.2, 0.25) is 0 Å². The summed E-state index contributed by atoms with van der Waals surface area (Å²) < 4.78 is 1.78. The number of rotatable bonds is 3. The van der Waals surface area contributed by atoms with Crippen LogP contribution in [0.25, 0.3) is 0 Å². The fourth-order valence-electron chi connectivity index (χ4n) is 1.96. The molecule has 1 aliphatic rings. The van der Waals surface area contributed by atoms with E-state index in [0.29, 0.717) is 6.04 Å². The van der Waals surface area contributed by atoms with Crippen LogP contribution in [0.5, 0.6) is 0 Å². The molecule has 1 saturated heterocycles. The van der Waals surface area contributed by atoms with E-state index in [4.69, 9.17) is 5.11 Å². The second-order valence-corrected chi connectivity index (χ2v) is 3.85. The van der Waals surface area contributed by atoms with E-state index < -0.39 is 5.97 Å². The standard InChI is InChI=1S/C10H15N3O2/c1-2-12-4-3-9(7-12)13-6-8(5-11-13)10(14)15/h5-6,9H,2-4,7H2,1H3,(H,14,15). The molecule has 1 N–H and O–H groups in total. The lowest BCUT2D eigenvalue weighted by atomic mass is 10.3. The van der Waals surface area contributed by atoms with Crippen LogP contribution < -0.4 is 0 Å². The van der Waals surface area contributed by atoms with E-state index in [1.807, 2.05) is 0 Å². The average molecular weight is 209 g/mol. The number of likely N-dealkylation sites (N-methyl/N-ethyl adjacent to an activating group) is 1. The third kappa shape index (κ3) is 2.02. The van der Waals surface area contributed by atoms with Crippen LogP contribution in [0.3, 0.4) is 0 Å². The number of hydrogen-bond acceptors (Lipinski definition) is 3. The maximum absolute atomic E-state index is 10.7. The van der Waals surface area contributed by atoms with Crippen molar-refractivity contribution >= 4 is 5.97 Å². The highest BCUT2D eigenvalue weighted by Crippen LogP contribution is 2.20. The molecule has 5 nitrogen and oxygen atoms in total. The van der Waals surface area contributed by atoms with Gasteiger partial charge in [0, 0.05) is 19.3 Å². The predicted octanol–water partition coefficient (Wildman–Crippen LogP) is 0.848. The highest BCUT2D eigenvalue weighted by atomic mass is 16.4. The lowest BCUT2D eigenvalue weighted by Gasteiger charge is -2.13. The summed E-state index contributed by atoms with van der Waals surface area (Å²) in [4.78, 5) is 13.0. The van der Waals surface area contributed by atoms with E-state index >= 15 is 0 Å². The lowest BCUT2D eigenvalue weighted by Crippen LogP contribution is -2.21. The number of aromatic nitrogens is 2.